The molecule has 1 atom stereocenters. The second kappa shape index (κ2) is 12.3. The maximum atomic E-state index is 8.89. The van der Waals surface area contributed by atoms with Crippen LogP contribution in [-0.2, 0) is 6.61 Å². The highest BCUT2D eigenvalue weighted by molar-refractivity contribution is 5.87. The van der Waals surface area contributed by atoms with E-state index in [4.69, 9.17) is 25.7 Å². The van der Waals surface area contributed by atoms with E-state index in [1.54, 1.807) is 12.1 Å². The van der Waals surface area contributed by atoms with Crippen LogP contribution in [0.5, 0.6) is 5.75 Å². The number of rotatable bonds is 8. The van der Waals surface area contributed by atoms with Crippen molar-refractivity contribution in [3.05, 3.63) is 77.7 Å². The van der Waals surface area contributed by atoms with Gasteiger partial charge < -0.3 is 15.0 Å². The molecule has 0 aliphatic rings. The van der Waals surface area contributed by atoms with Gasteiger partial charge in [-0.05, 0) is 60.0 Å². The fourth-order valence-electron chi connectivity index (χ4n) is 3.48. The SMILES string of the molecule is CC(=N)N.CCCC[C@H](C)c1nc(-c2ccc3cc(OCc4ccc(C#N)cc4)ccc3c2)no1. The lowest BCUT2D eigenvalue weighted by atomic mass is 10.0. The third-order valence-electron chi connectivity index (χ3n) is 5.41. The summed E-state index contributed by atoms with van der Waals surface area (Å²) in [6.45, 7) is 6.30. The first kappa shape index (κ1) is 25.4. The van der Waals surface area contributed by atoms with Gasteiger partial charge in [0.05, 0.1) is 17.5 Å². The van der Waals surface area contributed by atoms with E-state index in [2.05, 4.69) is 42.2 Å². The summed E-state index contributed by atoms with van der Waals surface area (Å²) in [5.74, 6) is 2.57. The van der Waals surface area contributed by atoms with Gasteiger partial charge >= 0.3 is 0 Å². The molecule has 0 fully saturated rings. The molecule has 180 valence electrons. The molecule has 7 nitrogen and oxygen atoms in total. The molecule has 1 aromatic heterocycles. The number of ether oxygens (including phenoxy) is 1. The number of hydrogen-bond donors (Lipinski definition) is 2. The van der Waals surface area contributed by atoms with Crippen molar-refractivity contribution in [3.8, 4) is 23.2 Å². The molecule has 0 unspecified atom stereocenters. The minimum Gasteiger partial charge on any atom is -0.489 e. The smallest absolute Gasteiger partial charge is 0.229 e. The van der Waals surface area contributed by atoms with E-state index in [0.29, 0.717) is 23.9 Å². The molecule has 3 N–H and O–H groups in total. The predicted molar refractivity (Wildman–Crippen MR) is 138 cm³/mol. The first-order valence-corrected chi connectivity index (χ1v) is 11.7. The zero-order valence-corrected chi connectivity index (χ0v) is 20.4. The highest BCUT2D eigenvalue weighted by atomic mass is 16.5. The highest BCUT2D eigenvalue weighted by Crippen LogP contribution is 2.28. The van der Waals surface area contributed by atoms with Gasteiger partial charge in [-0.2, -0.15) is 10.2 Å². The molecule has 1 heterocycles. The van der Waals surface area contributed by atoms with Gasteiger partial charge in [-0.15, -0.1) is 0 Å². The lowest BCUT2D eigenvalue weighted by Gasteiger charge is -2.08. The molecule has 0 aliphatic heterocycles. The lowest BCUT2D eigenvalue weighted by Crippen LogP contribution is -2.00. The van der Waals surface area contributed by atoms with Gasteiger partial charge in [-0.1, -0.05) is 62.2 Å². The summed E-state index contributed by atoms with van der Waals surface area (Å²) >= 11 is 0. The zero-order valence-electron chi connectivity index (χ0n) is 20.4. The van der Waals surface area contributed by atoms with Crippen molar-refractivity contribution in [2.75, 3.05) is 0 Å². The molecule has 0 aliphatic carbocycles. The summed E-state index contributed by atoms with van der Waals surface area (Å²) < 4.78 is 11.4. The van der Waals surface area contributed by atoms with E-state index < -0.39 is 0 Å². The summed E-state index contributed by atoms with van der Waals surface area (Å²) in [6.07, 6.45) is 3.38. The molecule has 0 saturated heterocycles. The van der Waals surface area contributed by atoms with Crippen LogP contribution < -0.4 is 10.5 Å². The number of hydrogen-bond acceptors (Lipinski definition) is 6. The Morgan fingerprint density at radius 3 is 2.49 bits per heavy atom. The highest BCUT2D eigenvalue weighted by Gasteiger charge is 2.15. The van der Waals surface area contributed by atoms with Crippen molar-refractivity contribution in [1.82, 2.24) is 10.1 Å². The topological polar surface area (TPSA) is 122 Å². The van der Waals surface area contributed by atoms with Gasteiger partial charge in [0.25, 0.3) is 0 Å². The van der Waals surface area contributed by atoms with Crippen LogP contribution in [0.1, 0.15) is 63.0 Å². The quantitative estimate of drug-likeness (QED) is 0.222. The molecule has 3 aromatic carbocycles. The van der Waals surface area contributed by atoms with Crippen LogP contribution in [0.15, 0.2) is 65.2 Å². The molecular formula is C28H31N5O2. The number of aromatic nitrogens is 2. The average Bonchev–Trinajstić information content (AvgIpc) is 3.36. The van der Waals surface area contributed by atoms with Gasteiger partial charge in [0.1, 0.15) is 12.4 Å². The van der Waals surface area contributed by atoms with E-state index in [1.807, 2.05) is 36.4 Å². The van der Waals surface area contributed by atoms with Crippen LogP contribution >= 0.6 is 0 Å². The Morgan fingerprint density at radius 2 is 1.80 bits per heavy atom. The van der Waals surface area contributed by atoms with Crippen LogP contribution in [-0.4, -0.2) is 16.0 Å². The minimum absolute atomic E-state index is 0.167. The Kier molecular flexibility index (Phi) is 8.96. The van der Waals surface area contributed by atoms with Crippen LogP contribution in [0.2, 0.25) is 0 Å². The third-order valence-corrected chi connectivity index (χ3v) is 5.41. The largest absolute Gasteiger partial charge is 0.489 e. The molecule has 0 bridgehead atoms. The summed E-state index contributed by atoms with van der Waals surface area (Å²) in [5, 5.41) is 21.5. The van der Waals surface area contributed by atoms with Crippen molar-refractivity contribution in [1.29, 1.82) is 10.7 Å². The number of nitrogens with two attached hydrogens (primary N) is 1. The average molecular weight is 470 g/mol. The zero-order chi connectivity index (χ0) is 25.2. The number of nitrogens with one attached hydrogen (secondary N) is 1. The maximum Gasteiger partial charge on any atom is 0.229 e. The van der Waals surface area contributed by atoms with E-state index >= 15 is 0 Å². The summed E-state index contributed by atoms with van der Waals surface area (Å²) in [7, 11) is 0. The van der Waals surface area contributed by atoms with Crippen molar-refractivity contribution < 1.29 is 9.26 Å². The first-order chi connectivity index (χ1) is 16.9. The van der Waals surface area contributed by atoms with Crippen molar-refractivity contribution in [2.24, 2.45) is 5.73 Å². The maximum absolute atomic E-state index is 8.89. The molecule has 0 saturated carbocycles. The standard InChI is InChI=1S/C26H25N3O2.C2H6N2/c1-3-4-5-18(2)26-28-25(29-31-26)23-11-10-22-15-24(13-12-21(22)14-23)30-17-20-8-6-19(16-27)7-9-20;1-2(3)4/h6-15,18H,3-5,17H2,1-2H3;1H3,(H3,3,4)/t18-;/m0./s1. The predicted octanol–water partition coefficient (Wildman–Crippen LogP) is 6.58. The number of nitriles is 1. The molecule has 7 heteroatoms. The van der Waals surface area contributed by atoms with Gasteiger partial charge in [0.15, 0.2) is 0 Å². The minimum atomic E-state index is 0.167. The monoisotopic (exact) mass is 469 g/mol. The van der Waals surface area contributed by atoms with Gasteiger partial charge in [0.2, 0.25) is 11.7 Å². The Morgan fingerprint density at radius 1 is 1.11 bits per heavy atom. The van der Waals surface area contributed by atoms with Crippen LogP contribution in [0, 0.1) is 16.7 Å². The Labute approximate surface area is 206 Å². The summed E-state index contributed by atoms with van der Waals surface area (Å²) in [6, 6.07) is 21.7. The number of benzene rings is 3. The van der Waals surface area contributed by atoms with Crippen LogP contribution in [0.4, 0.5) is 0 Å². The Hall–Kier alpha value is -4.18. The van der Waals surface area contributed by atoms with Crippen molar-refractivity contribution in [2.45, 2.75) is 52.6 Å². The molecule has 0 amide bonds. The van der Waals surface area contributed by atoms with E-state index in [-0.39, 0.29) is 11.8 Å². The van der Waals surface area contributed by atoms with Gasteiger partial charge in [-0.25, -0.2) is 0 Å². The third kappa shape index (κ3) is 7.41. The lowest BCUT2D eigenvalue weighted by molar-refractivity contribution is 0.306. The van der Waals surface area contributed by atoms with Crippen molar-refractivity contribution >= 4 is 16.6 Å². The fourth-order valence-corrected chi connectivity index (χ4v) is 3.48. The first-order valence-electron chi connectivity index (χ1n) is 11.7. The molecule has 35 heavy (non-hydrogen) atoms. The fraction of sp³-hybridized carbons (Fsp3) is 0.286. The van der Waals surface area contributed by atoms with Crippen LogP contribution in [0.25, 0.3) is 22.2 Å². The van der Waals surface area contributed by atoms with Crippen LogP contribution in [0.3, 0.4) is 0 Å². The molecule has 4 rings (SSSR count). The molecular weight excluding hydrogens is 438 g/mol. The van der Waals surface area contributed by atoms with E-state index in [0.717, 1.165) is 46.9 Å². The molecule has 4 aromatic rings. The van der Waals surface area contributed by atoms with E-state index in [1.165, 1.54) is 6.92 Å². The summed E-state index contributed by atoms with van der Waals surface area (Å²) in [4.78, 5) is 4.61. The van der Waals surface area contributed by atoms with Crippen molar-refractivity contribution in [3.63, 3.8) is 0 Å². The Balaban J connectivity index is 0.000000795. The second-order valence-corrected chi connectivity index (χ2v) is 8.50. The summed E-state index contributed by atoms with van der Waals surface area (Å²) in [5.41, 5.74) is 7.31. The van der Waals surface area contributed by atoms with Gasteiger partial charge in [0, 0.05) is 11.5 Å². The molecule has 0 radical (unpaired) electrons. The Bertz CT molecular complexity index is 1300. The number of nitrogens with zero attached hydrogens (tertiary/aromatic N) is 3. The number of unbranched alkanes of at least 4 members (excludes halogenated alkanes) is 1. The normalized spacial score (nSPS) is 11.3. The van der Waals surface area contributed by atoms with E-state index in [9.17, 15) is 0 Å². The van der Waals surface area contributed by atoms with Gasteiger partial charge in [-0.3, -0.25) is 5.41 Å². The number of fused-ring (bicyclic) bond motifs is 1. The molecule has 0 spiro atoms. The number of amidine groups is 1. The second-order valence-electron chi connectivity index (χ2n) is 8.50.